The second-order valence-electron chi connectivity index (χ2n) is 7.68. The van der Waals surface area contributed by atoms with Crippen LogP contribution in [-0.4, -0.2) is 12.0 Å². The van der Waals surface area contributed by atoms with Crippen molar-refractivity contribution in [2.75, 3.05) is 0 Å². The number of halogens is 2. The number of hydrogen-bond acceptors (Lipinski definition) is 5. The number of esters is 1. The van der Waals surface area contributed by atoms with E-state index in [9.17, 15) is 9.36 Å². The number of hydrogen-bond donors (Lipinski definition) is 1. The Morgan fingerprint density at radius 1 is 0.943 bits per heavy atom. The van der Waals surface area contributed by atoms with Crippen LogP contribution in [0.3, 0.4) is 0 Å². The quantitative estimate of drug-likeness (QED) is 0.164. The minimum Gasteiger partial charge on any atom is -0.460 e. The van der Waals surface area contributed by atoms with E-state index in [2.05, 4.69) is 21.0 Å². The summed E-state index contributed by atoms with van der Waals surface area (Å²) in [6, 6.07) is 26.0. The minimum atomic E-state index is -4.17. The molecule has 0 aromatic heterocycles. The molecule has 9 heteroatoms. The van der Waals surface area contributed by atoms with Crippen molar-refractivity contribution in [2.45, 2.75) is 19.6 Å². The predicted molar refractivity (Wildman–Crippen MR) is 141 cm³/mol. The van der Waals surface area contributed by atoms with Crippen LogP contribution in [0.5, 0.6) is 11.5 Å². The topological polar surface area (TPSA) is 73.9 Å². The first kappa shape index (κ1) is 25.3. The number of rotatable bonds is 9. The second-order valence-corrected chi connectivity index (χ2v) is 10.6. The molecule has 35 heavy (non-hydrogen) atoms. The van der Waals surface area contributed by atoms with Gasteiger partial charge in [-0.25, -0.2) is 4.57 Å². The third kappa shape index (κ3) is 6.65. The van der Waals surface area contributed by atoms with E-state index in [0.717, 1.165) is 20.8 Å². The third-order valence-corrected chi connectivity index (χ3v) is 7.38. The van der Waals surface area contributed by atoms with Crippen LogP contribution in [0.15, 0.2) is 95.5 Å². The Morgan fingerprint density at radius 2 is 1.63 bits per heavy atom. The zero-order valence-electron chi connectivity index (χ0n) is 18.7. The molecule has 4 aromatic rings. The predicted octanol–water partition coefficient (Wildman–Crippen LogP) is 7.54. The summed E-state index contributed by atoms with van der Waals surface area (Å²) in [6.45, 7) is 1.61. The van der Waals surface area contributed by atoms with Crippen LogP contribution in [0.1, 0.15) is 12.5 Å². The Kier molecular flexibility index (Phi) is 8.14. The highest BCUT2D eigenvalue weighted by Gasteiger charge is 2.35. The average molecular weight is 575 g/mol. The molecule has 0 amide bonds. The number of nitrogens with one attached hydrogen (secondary N) is 1. The van der Waals surface area contributed by atoms with Crippen LogP contribution >= 0.6 is 35.3 Å². The van der Waals surface area contributed by atoms with Gasteiger partial charge in [-0.3, -0.25) is 4.79 Å². The fourth-order valence-electron chi connectivity index (χ4n) is 3.30. The van der Waals surface area contributed by atoms with E-state index in [1.165, 1.54) is 6.92 Å². The number of carbonyl (C=O) groups excluding carboxylic acids is 1. The zero-order valence-corrected chi connectivity index (χ0v) is 21.9. The molecule has 0 aliphatic carbocycles. The lowest BCUT2D eigenvalue weighted by atomic mass is 10.1. The van der Waals surface area contributed by atoms with Crippen molar-refractivity contribution in [3.05, 3.63) is 106 Å². The van der Waals surface area contributed by atoms with E-state index in [1.807, 2.05) is 60.7 Å². The minimum absolute atomic E-state index is 0.0829. The van der Waals surface area contributed by atoms with Gasteiger partial charge in [0, 0.05) is 9.86 Å². The first-order chi connectivity index (χ1) is 16.8. The maximum atomic E-state index is 14.0. The molecule has 2 atom stereocenters. The standard InChI is InChI=1S/C26H22BrClNO5P/c1-18(26(30)32-17-19-8-3-2-4-9-19)29-35(31,34-25-15-14-21(27)16-23(25)28)33-24-13-7-11-20-10-5-6-12-22(20)24/h2-16,18H,17H2,1H3,(H,29,31)/t18-,35?/m0/s1. The normalized spacial score (nSPS) is 13.6. The summed E-state index contributed by atoms with van der Waals surface area (Å²) in [5, 5.41) is 4.56. The number of ether oxygens (including phenoxy) is 1. The van der Waals surface area contributed by atoms with Crippen molar-refractivity contribution < 1.29 is 23.1 Å². The fraction of sp³-hybridized carbons (Fsp3) is 0.115. The van der Waals surface area contributed by atoms with E-state index in [-0.39, 0.29) is 17.4 Å². The van der Waals surface area contributed by atoms with Gasteiger partial charge in [0.25, 0.3) is 0 Å². The Balaban J connectivity index is 1.59. The number of carbonyl (C=O) groups is 1. The van der Waals surface area contributed by atoms with Gasteiger partial charge in [0.15, 0.2) is 0 Å². The molecule has 0 bridgehead atoms. The molecule has 0 saturated heterocycles. The lowest BCUT2D eigenvalue weighted by Gasteiger charge is -2.24. The summed E-state index contributed by atoms with van der Waals surface area (Å²) >= 11 is 9.63. The molecule has 0 spiro atoms. The number of benzene rings is 4. The highest BCUT2D eigenvalue weighted by molar-refractivity contribution is 9.10. The summed E-state index contributed by atoms with van der Waals surface area (Å²) < 4.78 is 31.8. The van der Waals surface area contributed by atoms with E-state index >= 15 is 0 Å². The van der Waals surface area contributed by atoms with Crippen LogP contribution in [-0.2, 0) is 20.7 Å². The fourth-order valence-corrected chi connectivity index (χ4v) is 5.62. The van der Waals surface area contributed by atoms with E-state index in [4.69, 9.17) is 25.4 Å². The molecule has 4 aromatic carbocycles. The molecule has 0 radical (unpaired) electrons. The molecule has 1 N–H and O–H groups in total. The molecular formula is C26H22BrClNO5P. The monoisotopic (exact) mass is 573 g/mol. The highest BCUT2D eigenvalue weighted by atomic mass is 79.9. The molecule has 1 unspecified atom stereocenters. The van der Waals surface area contributed by atoms with Gasteiger partial charge in [-0.1, -0.05) is 94.3 Å². The first-order valence-electron chi connectivity index (χ1n) is 10.7. The van der Waals surface area contributed by atoms with Crippen molar-refractivity contribution in [2.24, 2.45) is 0 Å². The maximum Gasteiger partial charge on any atom is 0.513 e. The van der Waals surface area contributed by atoms with Gasteiger partial charge in [-0.2, -0.15) is 5.09 Å². The molecule has 6 nitrogen and oxygen atoms in total. The molecule has 0 aliphatic rings. The van der Waals surface area contributed by atoms with Crippen LogP contribution < -0.4 is 14.1 Å². The lowest BCUT2D eigenvalue weighted by Crippen LogP contribution is -2.35. The van der Waals surface area contributed by atoms with Crippen LogP contribution in [0, 0.1) is 0 Å². The van der Waals surface area contributed by atoms with Gasteiger partial charge >= 0.3 is 13.7 Å². The molecule has 0 fully saturated rings. The lowest BCUT2D eigenvalue weighted by molar-refractivity contribution is -0.146. The molecule has 0 aliphatic heterocycles. The summed E-state index contributed by atoms with van der Waals surface area (Å²) in [5.41, 5.74) is 0.834. The summed E-state index contributed by atoms with van der Waals surface area (Å²) in [5.74, 6) is -0.145. The Hall–Kier alpha value is -2.83. The van der Waals surface area contributed by atoms with Crippen LogP contribution in [0.25, 0.3) is 10.8 Å². The van der Waals surface area contributed by atoms with E-state index in [1.54, 1.807) is 30.3 Å². The molecular weight excluding hydrogens is 553 g/mol. The van der Waals surface area contributed by atoms with Crippen molar-refractivity contribution in [1.29, 1.82) is 0 Å². The van der Waals surface area contributed by atoms with Gasteiger partial charge < -0.3 is 13.8 Å². The average Bonchev–Trinajstić information content (AvgIpc) is 2.85. The van der Waals surface area contributed by atoms with Gasteiger partial charge in [0.2, 0.25) is 0 Å². The summed E-state index contributed by atoms with van der Waals surface area (Å²) in [6.07, 6.45) is 0. The molecule has 180 valence electrons. The van der Waals surface area contributed by atoms with E-state index < -0.39 is 19.8 Å². The SMILES string of the molecule is C[C@H](NP(=O)(Oc1ccc(Br)cc1Cl)Oc1cccc2ccccc12)C(=O)OCc1ccccc1. The Labute approximate surface area is 216 Å². The van der Waals surface area contributed by atoms with Gasteiger partial charge in [-0.05, 0) is 42.1 Å². The molecule has 0 saturated carbocycles. The maximum absolute atomic E-state index is 14.0. The zero-order chi connectivity index (χ0) is 24.8. The van der Waals surface area contributed by atoms with Gasteiger partial charge in [0.1, 0.15) is 24.1 Å². The molecule has 0 heterocycles. The third-order valence-electron chi connectivity index (χ3n) is 5.01. The van der Waals surface area contributed by atoms with Gasteiger partial charge in [-0.15, -0.1) is 0 Å². The Morgan fingerprint density at radius 3 is 2.40 bits per heavy atom. The summed E-state index contributed by atoms with van der Waals surface area (Å²) in [7, 11) is -4.17. The molecule has 4 rings (SSSR count). The number of fused-ring (bicyclic) bond motifs is 1. The van der Waals surface area contributed by atoms with Crippen molar-refractivity contribution in [3.63, 3.8) is 0 Å². The van der Waals surface area contributed by atoms with Crippen LogP contribution in [0.4, 0.5) is 0 Å². The Bertz CT molecular complexity index is 1380. The van der Waals surface area contributed by atoms with Gasteiger partial charge in [0.05, 0.1) is 5.02 Å². The van der Waals surface area contributed by atoms with E-state index in [0.29, 0.717) is 5.75 Å². The second kappa shape index (κ2) is 11.3. The van der Waals surface area contributed by atoms with Crippen molar-refractivity contribution in [3.8, 4) is 11.5 Å². The van der Waals surface area contributed by atoms with Crippen LogP contribution in [0.2, 0.25) is 5.02 Å². The van der Waals surface area contributed by atoms with Crippen molar-refractivity contribution >= 4 is 52.0 Å². The van der Waals surface area contributed by atoms with Crippen molar-refractivity contribution in [1.82, 2.24) is 5.09 Å². The highest BCUT2D eigenvalue weighted by Crippen LogP contribution is 2.48. The largest absolute Gasteiger partial charge is 0.513 e. The summed E-state index contributed by atoms with van der Waals surface area (Å²) in [4.78, 5) is 12.7. The first-order valence-corrected chi connectivity index (χ1v) is 13.4. The smallest absolute Gasteiger partial charge is 0.460 e.